The number of rotatable bonds is 11. The summed E-state index contributed by atoms with van der Waals surface area (Å²) >= 11 is 0. The first kappa shape index (κ1) is 23.9. The van der Waals surface area contributed by atoms with Gasteiger partial charge in [0, 0.05) is 44.1 Å². The van der Waals surface area contributed by atoms with Crippen LogP contribution in [0.25, 0.3) is 0 Å². The summed E-state index contributed by atoms with van der Waals surface area (Å²) in [6, 6.07) is 7.63. The van der Waals surface area contributed by atoms with Crippen LogP contribution in [-0.2, 0) is 11.8 Å². The molecule has 8 heteroatoms. The first-order chi connectivity index (χ1) is 15.6. The number of aromatic nitrogens is 1. The van der Waals surface area contributed by atoms with Gasteiger partial charge < -0.3 is 28.8 Å². The van der Waals surface area contributed by atoms with Crippen LogP contribution in [0.3, 0.4) is 0 Å². The van der Waals surface area contributed by atoms with Gasteiger partial charge in [-0.2, -0.15) is 0 Å². The molecule has 176 valence electrons. The number of hydrogen-bond acceptors (Lipinski definition) is 6. The topological polar surface area (TPSA) is 74.2 Å². The van der Waals surface area contributed by atoms with Gasteiger partial charge in [-0.1, -0.05) is 0 Å². The molecule has 1 amide bonds. The molecule has 1 aromatic heterocycles. The Balaban J connectivity index is 1.81. The lowest BCUT2D eigenvalue weighted by atomic mass is 10.1. The van der Waals surface area contributed by atoms with Crippen LogP contribution in [0.4, 0.5) is 0 Å². The molecule has 0 saturated carbocycles. The van der Waals surface area contributed by atoms with E-state index >= 15 is 0 Å². The highest BCUT2D eigenvalue weighted by molar-refractivity contribution is 5.95. The fourth-order valence-electron chi connectivity index (χ4n) is 3.94. The molecule has 1 saturated heterocycles. The van der Waals surface area contributed by atoms with Crippen LogP contribution < -0.4 is 19.5 Å². The fourth-order valence-corrected chi connectivity index (χ4v) is 3.94. The second kappa shape index (κ2) is 11.8. The molecule has 1 aliphatic rings. The number of carbonyl (C=O) groups excluding carboxylic acids is 1. The second-order valence-electron chi connectivity index (χ2n) is 7.52. The minimum Gasteiger partial charge on any atom is -0.490 e. The Labute approximate surface area is 190 Å². The molecule has 0 radical (unpaired) electrons. The first-order valence-electron chi connectivity index (χ1n) is 11.4. The zero-order valence-electron chi connectivity index (χ0n) is 19.6. The zero-order chi connectivity index (χ0) is 22.9. The van der Waals surface area contributed by atoms with Crippen molar-refractivity contribution in [2.24, 2.45) is 7.05 Å². The second-order valence-corrected chi connectivity index (χ2v) is 7.52. The van der Waals surface area contributed by atoms with Crippen molar-refractivity contribution in [2.75, 3.05) is 52.7 Å². The maximum atomic E-state index is 13.2. The number of nitrogens with zero attached hydrogens (tertiary/aromatic N) is 2. The largest absolute Gasteiger partial charge is 0.490 e. The van der Waals surface area contributed by atoms with Crippen molar-refractivity contribution in [1.82, 2.24) is 14.8 Å². The van der Waals surface area contributed by atoms with Crippen molar-refractivity contribution in [3.63, 3.8) is 0 Å². The molecule has 2 heterocycles. The summed E-state index contributed by atoms with van der Waals surface area (Å²) in [5.74, 6) is 1.38. The molecule has 3 rings (SSSR count). The van der Waals surface area contributed by atoms with Crippen LogP contribution in [-0.4, -0.2) is 68.0 Å². The smallest absolute Gasteiger partial charge is 0.251 e. The third kappa shape index (κ3) is 5.75. The van der Waals surface area contributed by atoms with E-state index in [1.54, 1.807) is 12.1 Å². The van der Waals surface area contributed by atoms with Gasteiger partial charge in [-0.05, 0) is 45.0 Å². The van der Waals surface area contributed by atoms with Crippen LogP contribution in [0.15, 0.2) is 30.5 Å². The predicted molar refractivity (Wildman–Crippen MR) is 123 cm³/mol. The van der Waals surface area contributed by atoms with Gasteiger partial charge in [-0.25, -0.2) is 0 Å². The van der Waals surface area contributed by atoms with Crippen molar-refractivity contribution in [1.29, 1.82) is 0 Å². The Kier molecular flexibility index (Phi) is 8.81. The van der Waals surface area contributed by atoms with Crippen molar-refractivity contribution >= 4 is 5.91 Å². The highest BCUT2D eigenvalue weighted by Gasteiger charge is 2.26. The van der Waals surface area contributed by atoms with Gasteiger partial charge in [-0.15, -0.1) is 0 Å². The van der Waals surface area contributed by atoms with Crippen molar-refractivity contribution in [3.8, 4) is 17.2 Å². The Morgan fingerprint density at radius 3 is 2.22 bits per heavy atom. The van der Waals surface area contributed by atoms with E-state index < -0.39 is 0 Å². The van der Waals surface area contributed by atoms with E-state index in [1.807, 2.05) is 40.1 Å². The highest BCUT2D eigenvalue weighted by atomic mass is 16.5. The molecule has 1 aromatic carbocycles. The number of carbonyl (C=O) groups is 1. The quantitative estimate of drug-likeness (QED) is 0.573. The normalized spacial score (nSPS) is 15.2. The Morgan fingerprint density at radius 2 is 1.69 bits per heavy atom. The average Bonchev–Trinajstić information content (AvgIpc) is 3.22. The summed E-state index contributed by atoms with van der Waals surface area (Å²) in [6.07, 6.45) is 2.03. The van der Waals surface area contributed by atoms with Crippen LogP contribution in [0.1, 0.15) is 42.9 Å². The standard InChI is InChI=1S/C24H35N3O5/c1-5-30-21-15-18(16-22(31-6-2)23(21)32-7-3)24(28)25-17-20(19-9-8-10-26(19)4)27-11-13-29-14-12-27/h8-10,15-16,20H,5-7,11-14,17H2,1-4H3,(H,25,28). The Hall–Kier alpha value is -2.71. The Morgan fingerprint density at radius 1 is 1.06 bits per heavy atom. The summed E-state index contributed by atoms with van der Waals surface area (Å²) in [7, 11) is 2.03. The molecule has 32 heavy (non-hydrogen) atoms. The van der Waals surface area contributed by atoms with Gasteiger partial charge in [0.25, 0.3) is 5.91 Å². The molecular weight excluding hydrogens is 410 g/mol. The van der Waals surface area contributed by atoms with Gasteiger partial charge in [0.05, 0.1) is 39.1 Å². The lowest BCUT2D eigenvalue weighted by Gasteiger charge is -2.35. The SMILES string of the molecule is CCOc1cc(C(=O)NCC(c2cccn2C)N2CCOCC2)cc(OCC)c1OCC. The van der Waals surface area contributed by atoms with Crippen molar-refractivity contribution in [2.45, 2.75) is 26.8 Å². The number of benzene rings is 1. The monoisotopic (exact) mass is 445 g/mol. The number of morpholine rings is 1. The van der Waals surface area contributed by atoms with Gasteiger partial charge in [0.2, 0.25) is 5.75 Å². The summed E-state index contributed by atoms with van der Waals surface area (Å²) in [5, 5.41) is 3.12. The molecule has 0 bridgehead atoms. The molecule has 1 N–H and O–H groups in total. The molecule has 1 atom stereocenters. The predicted octanol–water partition coefficient (Wildman–Crippen LogP) is 3.02. The molecular formula is C24H35N3O5. The van der Waals surface area contributed by atoms with Crippen LogP contribution in [0.5, 0.6) is 17.2 Å². The number of hydrogen-bond donors (Lipinski definition) is 1. The number of aryl methyl sites for hydroxylation is 1. The van der Waals surface area contributed by atoms with E-state index in [-0.39, 0.29) is 11.9 Å². The molecule has 1 unspecified atom stereocenters. The third-order valence-corrected chi connectivity index (χ3v) is 5.44. The van der Waals surface area contributed by atoms with Gasteiger partial charge >= 0.3 is 0 Å². The van der Waals surface area contributed by atoms with E-state index in [9.17, 15) is 4.79 Å². The Bertz CT molecular complexity index is 849. The van der Waals surface area contributed by atoms with E-state index in [0.29, 0.717) is 62.4 Å². The van der Waals surface area contributed by atoms with Crippen LogP contribution in [0, 0.1) is 0 Å². The lowest BCUT2D eigenvalue weighted by Crippen LogP contribution is -2.44. The number of nitrogens with one attached hydrogen (secondary N) is 1. The molecule has 1 fully saturated rings. The van der Waals surface area contributed by atoms with Gasteiger partial charge in [-0.3, -0.25) is 9.69 Å². The first-order valence-corrected chi connectivity index (χ1v) is 11.4. The molecule has 0 spiro atoms. The zero-order valence-corrected chi connectivity index (χ0v) is 19.6. The molecule has 2 aromatic rings. The maximum absolute atomic E-state index is 13.2. The van der Waals surface area contributed by atoms with Gasteiger partial charge in [0.15, 0.2) is 11.5 Å². The summed E-state index contributed by atoms with van der Waals surface area (Å²) in [4.78, 5) is 15.5. The van der Waals surface area contributed by atoms with Crippen LogP contribution >= 0.6 is 0 Å². The fraction of sp³-hybridized carbons (Fsp3) is 0.542. The minimum absolute atomic E-state index is 0.0586. The van der Waals surface area contributed by atoms with Crippen molar-refractivity contribution in [3.05, 3.63) is 41.7 Å². The van der Waals surface area contributed by atoms with E-state index in [1.165, 1.54) is 0 Å². The van der Waals surface area contributed by atoms with Gasteiger partial charge in [0.1, 0.15) is 0 Å². The third-order valence-electron chi connectivity index (χ3n) is 5.44. The maximum Gasteiger partial charge on any atom is 0.251 e. The van der Waals surface area contributed by atoms with Crippen LogP contribution in [0.2, 0.25) is 0 Å². The highest BCUT2D eigenvalue weighted by Crippen LogP contribution is 2.39. The van der Waals surface area contributed by atoms with E-state index in [4.69, 9.17) is 18.9 Å². The minimum atomic E-state index is -0.178. The summed E-state index contributed by atoms with van der Waals surface area (Å²) in [6.45, 7) is 10.6. The molecule has 8 nitrogen and oxygen atoms in total. The van der Waals surface area contributed by atoms with E-state index in [2.05, 4.69) is 20.9 Å². The lowest BCUT2D eigenvalue weighted by molar-refractivity contribution is 0.0148. The summed E-state index contributed by atoms with van der Waals surface area (Å²) in [5.41, 5.74) is 1.64. The van der Waals surface area contributed by atoms with E-state index in [0.717, 1.165) is 18.8 Å². The molecule has 1 aliphatic heterocycles. The van der Waals surface area contributed by atoms with Crippen molar-refractivity contribution < 1.29 is 23.7 Å². The average molecular weight is 446 g/mol. The number of amides is 1. The molecule has 0 aliphatic carbocycles. The number of ether oxygens (including phenoxy) is 4. The summed E-state index contributed by atoms with van der Waals surface area (Å²) < 4.78 is 24.9.